The molecule has 2 heterocycles. The number of carbonyl (C=O) groups is 2. The third-order valence-corrected chi connectivity index (χ3v) is 2.97. The van der Waals surface area contributed by atoms with Gasteiger partial charge in [-0.3, -0.25) is 9.59 Å². The number of aromatic nitrogens is 1. The Morgan fingerprint density at radius 3 is 2.72 bits per heavy atom. The fourth-order valence-corrected chi connectivity index (χ4v) is 2.09. The van der Waals surface area contributed by atoms with Crippen molar-refractivity contribution in [2.75, 3.05) is 18.0 Å². The van der Waals surface area contributed by atoms with Crippen molar-refractivity contribution in [2.45, 2.75) is 13.3 Å². The average Bonchev–Trinajstić information content (AvgIpc) is 2.21. The van der Waals surface area contributed by atoms with Gasteiger partial charge >= 0.3 is 5.97 Å². The summed E-state index contributed by atoms with van der Waals surface area (Å²) in [6.45, 7) is 3.10. The molecule has 0 saturated carbocycles. The van der Waals surface area contributed by atoms with E-state index in [-0.39, 0.29) is 12.3 Å². The lowest BCUT2D eigenvalue weighted by atomic mass is 9.96. The van der Waals surface area contributed by atoms with Gasteiger partial charge in [-0.1, -0.05) is 0 Å². The van der Waals surface area contributed by atoms with Gasteiger partial charge in [0.1, 0.15) is 5.82 Å². The van der Waals surface area contributed by atoms with Gasteiger partial charge in [0.2, 0.25) is 5.91 Å². The number of carbonyl (C=O) groups excluding carboxylic acids is 1. The molecule has 0 spiro atoms. The minimum Gasteiger partial charge on any atom is -0.481 e. The predicted octanol–water partition coefficient (Wildman–Crippen LogP) is 0.400. The third kappa shape index (κ3) is 2.58. The molecule has 1 saturated heterocycles. The quantitative estimate of drug-likeness (QED) is 0.805. The number of nitrogens with two attached hydrogens (primary N) is 1. The number of aryl methyl sites for hydroxylation is 1. The third-order valence-electron chi connectivity index (χ3n) is 2.97. The van der Waals surface area contributed by atoms with Gasteiger partial charge in [-0.25, -0.2) is 4.98 Å². The lowest BCUT2D eigenvalue weighted by Crippen LogP contribution is -2.48. The monoisotopic (exact) mass is 249 g/mol. The van der Waals surface area contributed by atoms with Crippen LogP contribution in [0.25, 0.3) is 0 Å². The summed E-state index contributed by atoms with van der Waals surface area (Å²) in [7, 11) is 0. The lowest BCUT2D eigenvalue weighted by molar-refractivity contribution is -0.138. The molecule has 0 unspecified atom stereocenters. The predicted molar refractivity (Wildman–Crippen MR) is 65.4 cm³/mol. The molecule has 1 aliphatic rings. The second kappa shape index (κ2) is 4.64. The largest absolute Gasteiger partial charge is 0.481 e. The fraction of sp³-hybridized carbons (Fsp3) is 0.417. The Balaban J connectivity index is 2.07. The summed E-state index contributed by atoms with van der Waals surface area (Å²) in [4.78, 5) is 28.0. The standard InChI is InChI=1S/C12H15N3O3/c1-7-2-9(12(13)18)4-10(14-7)15-5-8(6-15)3-11(16)17/h2,4,8H,3,5-6H2,1H3,(H2,13,18)(H,16,17). The van der Waals surface area contributed by atoms with Crippen LogP contribution in [0.3, 0.4) is 0 Å². The van der Waals surface area contributed by atoms with E-state index in [1.165, 1.54) is 0 Å². The van der Waals surface area contributed by atoms with E-state index in [1.54, 1.807) is 19.1 Å². The number of aliphatic carboxylic acids is 1. The van der Waals surface area contributed by atoms with Crippen LogP contribution in [0.5, 0.6) is 0 Å². The first-order chi connectivity index (χ1) is 8.45. The summed E-state index contributed by atoms with van der Waals surface area (Å²) in [6.07, 6.45) is 0.172. The van der Waals surface area contributed by atoms with Gasteiger partial charge in [0.15, 0.2) is 0 Å². The van der Waals surface area contributed by atoms with Crippen LogP contribution >= 0.6 is 0 Å². The minimum atomic E-state index is -0.783. The molecule has 1 fully saturated rings. The van der Waals surface area contributed by atoms with Gasteiger partial charge in [0.05, 0.1) is 6.42 Å². The molecular weight excluding hydrogens is 234 g/mol. The van der Waals surface area contributed by atoms with Crippen molar-refractivity contribution in [3.63, 3.8) is 0 Å². The SMILES string of the molecule is Cc1cc(C(N)=O)cc(N2CC(CC(=O)O)C2)n1. The zero-order valence-corrected chi connectivity index (χ0v) is 10.1. The van der Waals surface area contributed by atoms with Crippen LogP contribution in [-0.2, 0) is 4.79 Å². The topological polar surface area (TPSA) is 96.5 Å². The molecule has 0 atom stereocenters. The van der Waals surface area contributed by atoms with Crippen LogP contribution < -0.4 is 10.6 Å². The van der Waals surface area contributed by atoms with E-state index in [9.17, 15) is 9.59 Å². The van der Waals surface area contributed by atoms with Crippen molar-refractivity contribution >= 4 is 17.7 Å². The fourth-order valence-electron chi connectivity index (χ4n) is 2.09. The van der Waals surface area contributed by atoms with Crippen molar-refractivity contribution in [3.05, 3.63) is 23.4 Å². The summed E-state index contributed by atoms with van der Waals surface area (Å²) in [5.74, 6) is -0.425. The number of carboxylic acids is 1. The van der Waals surface area contributed by atoms with E-state index < -0.39 is 11.9 Å². The highest BCUT2D eigenvalue weighted by atomic mass is 16.4. The van der Waals surface area contributed by atoms with E-state index in [0.29, 0.717) is 24.5 Å². The van der Waals surface area contributed by atoms with Crippen molar-refractivity contribution in [1.29, 1.82) is 0 Å². The molecule has 6 heteroatoms. The summed E-state index contributed by atoms with van der Waals surface area (Å²) in [6, 6.07) is 3.28. The highest BCUT2D eigenvalue weighted by Gasteiger charge is 2.29. The molecule has 18 heavy (non-hydrogen) atoms. The number of anilines is 1. The number of hydrogen-bond acceptors (Lipinski definition) is 4. The van der Waals surface area contributed by atoms with E-state index in [2.05, 4.69) is 4.98 Å². The first-order valence-electron chi connectivity index (χ1n) is 5.71. The average molecular weight is 249 g/mol. The van der Waals surface area contributed by atoms with Crippen LogP contribution in [0.4, 0.5) is 5.82 Å². The number of nitrogens with zero attached hydrogens (tertiary/aromatic N) is 2. The molecule has 2 rings (SSSR count). The molecule has 1 amide bonds. The summed E-state index contributed by atoms with van der Waals surface area (Å²) in [5.41, 5.74) is 6.40. The van der Waals surface area contributed by atoms with Crippen molar-refractivity contribution in [3.8, 4) is 0 Å². The van der Waals surface area contributed by atoms with Gasteiger partial charge in [-0.2, -0.15) is 0 Å². The Labute approximate surface area is 104 Å². The van der Waals surface area contributed by atoms with E-state index in [1.807, 2.05) is 4.90 Å². The van der Waals surface area contributed by atoms with Gasteiger partial charge < -0.3 is 15.7 Å². The van der Waals surface area contributed by atoms with Gasteiger partial charge in [0.25, 0.3) is 0 Å². The minimum absolute atomic E-state index is 0.154. The Bertz CT molecular complexity index is 495. The Kier molecular flexibility index (Phi) is 3.18. The first-order valence-corrected chi connectivity index (χ1v) is 5.71. The van der Waals surface area contributed by atoms with E-state index >= 15 is 0 Å². The summed E-state index contributed by atoms with van der Waals surface area (Å²) in [5, 5.41) is 8.67. The molecule has 0 aromatic carbocycles. The molecule has 0 bridgehead atoms. The Hall–Kier alpha value is -2.11. The molecule has 96 valence electrons. The zero-order valence-electron chi connectivity index (χ0n) is 10.1. The number of carboxylic acid groups (broad SMARTS) is 1. The van der Waals surface area contributed by atoms with Crippen LogP contribution in [0.1, 0.15) is 22.5 Å². The smallest absolute Gasteiger partial charge is 0.303 e. The van der Waals surface area contributed by atoms with Crippen LogP contribution in [0, 0.1) is 12.8 Å². The summed E-state index contributed by atoms with van der Waals surface area (Å²) < 4.78 is 0. The van der Waals surface area contributed by atoms with Crippen molar-refractivity contribution in [2.24, 2.45) is 11.7 Å². The second-order valence-electron chi connectivity index (χ2n) is 4.59. The molecule has 1 aromatic heterocycles. The normalized spacial score (nSPS) is 15.3. The molecular formula is C12H15N3O3. The zero-order chi connectivity index (χ0) is 13.3. The number of hydrogen-bond donors (Lipinski definition) is 2. The number of pyridine rings is 1. The van der Waals surface area contributed by atoms with E-state index in [0.717, 1.165) is 5.69 Å². The number of primary amides is 1. The van der Waals surface area contributed by atoms with Gasteiger partial charge in [0, 0.05) is 30.3 Å². The molecule has 0 aliphatic carbocycles. The molecule has 0 radical (unpaired) electrons. The summed E-state index contributed by atoms with van der Waals surface area (Å²) >= 11 is 0. The van der Waals surface area contributed by atoms with Crippen molar-refractivity contribution in [1.82, 2.24) is 4.98 Å². The van der Waals surface area contributed by atoms with E-state index in [4.69, 9.17) is 10.8 Å². The lowest BCUT2D eigenvalue weighted by Gasteiger charge is -2.39. The molecule has 3 N–H and O–H groups in total. The Morgan fingerprint density at radius 2 is 2.17 bits per heavy atom. The number of rotatable bonds is 4. The highest BCUT2D eigenvalue weighted by Crippen LogP contribution is 2.26. The molecule has 1 aliphatic heterocycles. The number of amides is 1. The first kappa shape index (κ1) is 12.3. The van der Waals surface area contributed by atoms with Gasteiger partial charge in [-0.15, -0.1) is 0 Å². The highest BCUT2D eigenvalue weighted by molar-refractivity contribution is 5.93. The maximum Gasteiger partial charge on any atom is 0.303 e. The maximum atomic E-state index is 11.1. The van der Waals surface area contributed by atoms with Crippen LogP contribution in [0.2, 0.25) is 0 Å². The van der Waals surface area contributed by atoms with Crippen molar-refractivity contribution < 1.29 is 14.7 Å². The van der Waals surface area contributed by atoms with Gasteiger partial charge in [-0.05, 0) is 19.1 Å². The molecule has 6 nitrogen and oxygen atoms in total. The van der Waals surface area contributed by atoms with Crippen LogP contribution in [0.15, 0.2) is 12.1 Å². The Morgan fingerprint density at radius 1 is 1.50 bits per heavy atom. The van der Waals surface area contributed by atoms with Crippen LogP contribution in [-0.4, -0.2) is 35.1 Å². The second-order valence-corrected chi connectivity index (χ2v) is 4.59. The molecule has 1 aromatic rings. The maximum absolute atomic E-state index is 11.1.